The van der Waals surface area contributed by atoms with Gasteiger partial charge >= 0.3 is 0 Å². The third-order valence-corrected chi connectivity index (χ3v) is 3.66. The van der Waals surface area contributed by atoms with Crippen LogP contribution in [-0.2, 0) is 0 Å². The number of halogens is 3. The van der Waals surface area contributed by atoms with Crippen molar-refractivity contribution in [2.75, 3.05) is 0 Å². The maximum atomic E-state index is 11.7. The molecule has 6 heteroatoms. The molecule has 0 aliphatic rings. The lowest BCUT2D eigenvalue weighted by molar-refractivity contribution is 0.108. The summed E-state index contributed by atoms with van der Waals surface area (Å²) < 4.78 is 0.877. The maximum Gasteiger partial charge on any atom is 0.253 e. The van der Waals surface area contributed by atoms with Crippen LogP contribution in [0.3, 0.4) is 0 Å². The highest BCUT2D eigenvalue weighted by atomic mass is 79.9. The summed E-state index contributed by atoms with van der Waals surface area (Å²) in [5, 5.41) is 0.239. The van der Waals surface area contributed by atoms with Crippen LogP contribution in [0.5, 0.6) is 0 Å². The standard InChI is InChI=1S/C15H8BrClN2O.ClH/c16-10-1-2-13-11(7-10)12(15(17)20)8-14(19-13)9-3-5-18-6-4-9;/h1-8H;1H. The molecular weight excluding hydrogens is 375 g/mol. The van der Waals surface area contributed by atoms with Gasteiger partial charge in [-0.3, -0.25) is 9.78 Å². The van der Waals surface area contributed by atoms with Crippen molar-refractivity contribution in [3.05, 3.63) is 58.8 Å². The van der Waals surface area contributed by atoms with Crippen molar-refractivity contribution in [1.29, 1.82) is 0 Å². The lowest BCUT2D eigenvalue weighted by Gasteiger charge is -2.07. The van der Waals surface area contributed by atoms with E-state index in [-0.39, 0.29) is 12.4 Å². The van der Waals surface area contributed by atoms with Gasteiger partial charge in [-0.25, -0.2) is 4.98 Å². The summed E-state index contributed by atoms with van der Waals surface area (Å²) in [5.74, 6) is 0. The Labute approximate surface area is 140 Å². The molecule has 2 aromatic heterocycles. The molecule has 0 atom stereocenters. The fourth-order valence-electron chi connectivity index (χ4n) is 2.03. The molecule has 0 unspecified atom stereocenters. The molecule has 3 rings (SSSR count). The normalized spacial score (nSPS) is 10.2. The van der Waals surface area contributed by atoms with Gasteiger partial charge in [0.15, 0.2) is 0 Å². The first-order valence-electron chi connectivity index (χ1n) is 5.86. The topological polar surface area (TPSA) is 42.9 Å². The van der Waals surface area contributed by atoms with Crippen LogP contribution < -0.4 is 0 Å². The Morgan fingerprint density at radius 1 is 1.10 bits per heavy atom. The number of pyridine rings is 2. The SMILES string of the molecule is Cl.O=C(Cl)c1cc(-c2ccncc2)nc2ccc(Br)cc12. The van der Waals surface area contributed by atoms with Gasteiger partial charge in [-0.2, -0.15) is 0 Å². The molecule has 0 aliphatic carbocycles. The minimum Gasteiger partial charge on any atom is -0.276 e. The van der Waals surface area contributed by atoms with Gasteiger partial charge in [0.2, 0.25) is 0 Å². The molecule has 3 nitrogen and oxygen atoms in total. The van der Waals surface area contributed by atoms with Crippen LogP contribution in [0, 0.1) is 0 Å². The van der Waals surface area contributed by atoms with Crippen molar-refractivity contribution in [3.8, 4) is 11.3 Å². The molecule has 21 heavy (non-hydrogen) atoms. The molecule has 0 saturated heterocycles. The third-order valence-electron chi connectivity index (χ3n) is 2.96. The first kappa shape index (κ1) is 15.9. The van der Waals surface area contributed by atoms with Gasteiger partial charge in [0.25, 0.3) is 5.24 Å². The van der Waals surface area contributed by atoms with E-state index in [1.807, 2.05) is 30.3 Å². The summed E-state index contributed by atoms with van der Waals surface area (Å²) >= 11 is 9.09. The molecule has 106 valence electrons. The van der Waals surface area contributed by atoms with Crippen molar-refractivity contribution in [1.82, 2.24) is 9.97 Å². The predicted molar refractivity (Wildman–Crippen MR) is 90.1 cm³/mol. The van der Waals surface area contributed by atoms with Gasteiger partial charge in [0.1, 0.15) is 0 Å². The zero-order chi connectivity index (χ0) is 14.1. The summed E-state index contributed by atoms with van der Waals surface area (Å²) in [4.78, 5) is 20.2. The first-order chi connectivity index (χ1) is 9.65. The van der Waals surface area contributed by atoms with Crippen LogP contribution in [-0.4, -0.2) is 15.2 Å². The molecular formula is C15H9BrCl2N2O. The molecule has 0 bridgehead atoms. The van der Waals surface area contributed by atoms with Crippen LogP contribution in [0.4, 0.5) is 0 Å². The van der Waals surface area contributed by atoms with Crippen LogP contribution in [0.1, 0.15) is 10.4 Å². The summed E-state index contributed by atoms with van der Waals surface area (Å²) in [6.07, 6.45) is 3.37. The van der Waals surface area contributed by atoms with Gasteiger partial charge in [0, 0.05) is 33.4 Å². The molecule has 2 heterocycles. The highest BCUT2D eigenvalue weighted by Crippen LogP contribution is 2.27. The van der Waals surface area contributed by atoms with Crippen molar-refractivity contribution >= 4 is 56.1 Å². The van der Waals surface area contributed by atoms with Crippen LogP contribution >= 0.6 is 39.9 Å². The smallest absolute Gasteiger partial charge is 0.253 e. The Hall–Kier alpha value is -1.49. The Balaban J connectivity index is 0.00000161. The molecule has 0 radical (unpaired) electrons. The van der Waals surface area contributed by atoms with E-state index in [1.54, 1.807) is 18.5 Å². The Bertz CT molecular complexity index is 809. The van der Waals surface area contributed by atoms with Crippen LogP contribution in [0.15, 0.2) is 53.3 Å². The zero-order valence-electron chi connectivity index (χ0n) is 10.6. The number of carbonyl (C=O) groups is 1. The van der Waals surface area contributed by atoms with E-state index in [0.29, 0.717) is 11.3 Å². The van der Waals surface area contributed by atoms with E-state index < -0.39 is 5.24 Å². The largest absolute Gasteiger partial charge is 0.276 e. The summed E-state index contributed by atoms with van der Waals surface area (Å²) in [6, 6.07) is 11.0. The lowest BCUT2D eigenvalue weighted by Crippen LogP contribution is -1.96. The van der Waals surface area contributed by atoms with E-state index in [0.717, 1.165) is 20.9 Å². The second kappa shape index (κ2) is 6.52. The average molecular weight is 384 g/mol. The van der Waals surface area contributed by atoms with Crippen molar-refractivity contribution < 1.29 is 4.79 Å². The zero-order valence-corrected chi connectivity index (χ0v) is 13.7. The fraction of sp³-hybridized carbons (Fsp3) is 0. The Morgan fingerprint density at radius 2 is 1.81 bits per heavy atom. The highest BCUT2D eigenvalue weighted by Gasteiger charge is 2.12. The molecule has 0 amide bonds. The van der Waals surface area contributed by atoms with Crippen molar-refractivity contribution in [3.63, 3.8) is 0 Å². The second-order valence-electron chi connectivity index (χ2n) is 4.23. The lowest BCUT2D eigenvalue weighted by atomic mass is 10.1. The van der Waals surface area contributed by atoms with Gasteiger partial charge in [-0.15, -0.1) is 12.4 Å². The van der Waals surface area contributed by atoms with E-state index >= 15 is 0 Å². The molecule has 0 fully saturated rings. The van der Waals surface area contributed by atoms with E-state index in [2.05, 4.69) is 25.9 Å². The van der Waals surface area contributed by atoms with Crippen LogP contribution in [0.25, 0.3) is 22.2 Å². The van der Waals surface area contributed by atoms with Gasteiger partial charge < -0.3 is 0 Å². The number of hydrogen-bond acceptors (Lipinski definition) is 3. The molecule has 0 saturated carbocycles. The number of hydrogen-bond donors (Lipinski definition) is 0. The minimum absolute atomic E-state index is 0. The third kappa shape index (κ3) is 3.23. The quantitative estimate of drug-likeness (QED) is 0.593. The van der Waals surface area contributed by atoms with Crippen molar-refractivity contribution in [2.24, 2.45) is 0 Å². The minimum atomic E-state index is -0.495. The van der Waals surface area contributed by atoms with Gasteiger partial charge in [0.05, 0.1) is 11.2 Å². The first-order valence-corrected chi connectivity index (χ1v) is 7.03. The number of carbonyl (C=O) groups excluding carboxylic acids is 1. The molecule has 0 N–H and O–H groups in total. The molecule has 0 aliphatic heterocycles. The number of fused-ring (bicyclic) bond motifs is 1. The fourth-order valence-corrected chi connectivity index (χ4v) is 2.55. The summed E-state index contributed by atoms with van der Waals surface area (Å²) in [6.45, 7) is 0. The number of nitrogens with zero attached hydrogens (tertiary/aromatic N) is 2. The van der Waals surface area contributed by atoms with E-state index in [1.165, 1.54) is 0 Å². The summed E-state index contributed by atoms with van der Waals surface area (Å²) in [5.41, 5.74) is 2.77. The molecule has 1 aromatic carbocycles. The molecule has 0 spiro atoms. The number of rotatable bonds is 2. The monoisotopic (exact) mass is 382 g/mol. The predicted octanol–water partition coefficient (Wildman–Crippen LogP) is 4.86. The number of aromatic nitrogens is 2. The second-order valence-corrected chi connectivity index (χ2v) is 5.49. The maximum absolute atomic E-state index is 11.7. The van der Waals surface area contributed by atoms with E-state index in [4.69, 9.17) is 11.6 Å². The van der Waals surface area contributed by atoms with Crippen LogP contribution in [0.2, 0.25) is 0 Å². The average Bonchev–Trinajstić information content (AvgIpc) is 2.47. The van der Waals surface area contributed by atoms with E-state index in [9.17, 15) is 4.79 Å². The number of benzene rings is 1. The Morgan fingerprint density at radius 3 is 2.48 bits per heavy atom. The van der Waals surface area contributed by atoms with Crippen molar-refractivity contribution in [2.45, 2.75) is 0 Å². The highest BCUT2D eigenvalue weighted by molar-refractivity contribution is 9.10. The van der Waals surface area contributed by atoms with Gasteiger partial charge in [-0.05, 0) is 48.0 Å². The van der Waals surface area contributed by atoms with Gasteiger partial charge in [-0.1, -0.05) is 15.9 Å². The molecule has 3 aromatic rings. The Kier molecular flexibility index (Phi) is 4.93. The summed E-state index contributed by atoms with van der Waals surface area (Å²) in [7, 11) is 0.